The lowest BCUT2D eigenvalue weighted by Crippen LogP contribution is -2.55. The second kappa shape index (κ2) is 9.22. The van der Waals surface area contributed by atoms with E-state index in [1.54, 1.807) is 0 Å². The molecule has 1 N–H and O–H groups in total. The normalized spacial score (nSPS) is 26.3. The molecule has 4 nitrogen and oxygen atoms in total. The minimum atomic E-state index is -0.0396. The van der Waals surface area contributed by atoms with Gasteiger partial charge in [0, 0.05) is 25.7 Å². The molecular formula is C19H29Cl2N3O. The predicted molar refractivity (Wildman–Crippen MR) is 106 cm³/mol. The Bertz CT molecular complexity index is 578. The maximum Gasteiger partial charge on any atom is 0.240 e. The van der Waals surface area contributed by atoms with Gasteiger partial charge in [0.1, 0.15) is 0 Å². The Kier molecular flexibility index (Phi) is 7.56. The van der Waals surface area contributed by atoms with Crippen molar-refractivity contribution >= 4 is 30.7 Å². The molecule has 1 amide bonds. The summed E-state index contributed by atoms with van der Waals surface area (Å²) in [7, 11) is 0. The number of nitrogens with zero attached hydrogens (tertiary/aromatic N) is 2. The number of rotatable bonds is 2. The van der Waals surface area contributed by atoms with Crippen LogP contribution in [0.5, 0.6) is 0 Å². The molecule has 0 aromatic heterocycles. The molecule has 4 rings (SSSR count). The molecule has 25 heavy (non-hydrogen) atoms. The minimum Gasteiger partial charge on any atom is -0.340 e. The summed E-state index contributed by atoms with van der Waals surface area (Å²) in [6.45, 7) is 5.13. The summed E-state index contributed by atoms with van der Waals surface area (Å²) in [5, 5.41) is 3.45. The van der Waals surface area contributed by atoms with Gasteiger partial charge in [-0.15, -0.1) is 24.8 Å². The predicted octanol–water partition coefficient (Wildman–Crippen LogP) is 2.63. The lowest BCUT2D eigenvalue weighted by atomic mass is 9.94. The number of hydrogen-bond acceptors (Lipinski definition) is 3. The second-order valence-electron chi connectivity index (χ2n) is 7.23. The SMILES string of the molecule is Cl.Cl.O=C(C1Cc2ccccc2CN1)N1CCCC(N2CCCC2)C1. The molecular weight excluding hydrogens is 357 g/mol. The first-order valence-electron chi connectivity index (χ1n) is 9.14. The van der Waals surface area contributed by atoms with Gasteiger partial charge in [0.05, 0.1) is 6.04 Å². The zero-order chi connectivity index (χ0) is 15.6. The molecule has 0 radical (unpaired) electrons. The van der Waals surface area contributed by atoms with Gasteiger partial charge in [-0.3, -0.25) is 9.69 Å². The highest BCUT2D eigenvalue weighted by atomic mass is 35.5. The van der Waals surface area contributed by atoms with Gasteiger partial charge >= 0.3 is 0 Å². The van der Waals surface area contributed by atoms with Crippen molar-refractivity contribution in [1.82, 2.24) is 15.1 Å². The maximum atomic E-state index is 13.0. The molecule has 3 aliphatic rings. The summed E-state index contributed by atoms with van der Waals surface area (Å²) >= 11 is 0. The monoisotopic (exact) mass is 385 g/mol. The Hall–Kier alpha value is -0.810. The number of carbonyl (C=O) groups is 1. The molecule has 2 fully saturated rings. The van der Waals surface area contributed by atoms with Crippen LogP contribution in [0.1, 0.15) is 36.8 Å². The van der Waals surface area contributed by atoms with Crippen molar-refractivity contribution in [2.24, 2.45) is 0 Å². The molecule has 6 heteroatoms. The zero-order valence-electron chi connectivity index (χ0n) is 14.7. The molecule has 2 unspecified atom stereocenters. The number of hydrogen-bond donors (Lipinski definition) is 1. The van der Waals surface area contributed by atoms with Crippen molar-refractivity contribution in [3.63, 3.8) is 0 Å². The molecule has 1 aromatic carbocycles. The van der Waals surface area contributed by atoms with Crippen molar-refractivity contribution in [3.05, 3.63) is 35.4 Å². The second-order valence-corrected chi connectivity index (χ2v) is 7.23. The van der Waals surface area contributed by atoms with Gasteiger partial charge in [0.25, 0.3) is 0 Å². The topological polar surface area (TPSA) is 35.6 Å². The fourth-order valence-electron chi connectivity index (χ4n) is 4.41. The van der Waals surface area contributed by atoms with Crippen LogP contribution in [-0.2, 0) is 17.8 Å². The fraction of sp³-hybridized carbons (Fsp3) is 0.632. The summed E-state index contributed by atoms with van der Waals surface area (Å²) in [5.41, 5.74) is 2.67. The number of benzene rings is 1. The Morgan fingerprint density at radius 3 is 2.48 bits per heavy atom. The average molecular weight is 386 g/mol. The number of amides is 1. The van der Waals surface area contributed by atoms with E-state index >= 15 is 0 Å². The van der Waals surface area contributed by atoms with E-state index in [0.29, 0.717) is 11.9 Å². The highest BCUT2D eigenvalue weighted by molar-refractivity contribution is 5.85. The first-order chi connectivity index (χ1) is 11.3. The van der Waals surface area contributed by atoms with Gasteiger partial charge in [-0.05, 0) is 56.3 Å². The lowest BCUT2D eigenvalue weighted by molar-refractivity contribution is -0.135. The van der Waals surface area contributed by atoms with Crippen LogP contribution >= 0.6 is 24.8 Å². The van der Waals surface area contributed by atoms with Crippen LogP contribution in [-0.4, -0.2) is 54.0 Å². The highest BCUT2D eigenvalue weighted by Gasteiger charge is 2.33. The molecule has 0 bridgehead atoms. The standard InChI is InChI=1S/C19H27N3O.2ClH/c23-19(18-12-15-6-1-2-7-16(15)13-20-18)22-11-5-8-17(14-22)21-9-3-4-10-21;;/h1-2,6-7,17-18,20H,3-5,8-14H2;2*1H. The largest absolute Gasteiger partial charge is 0.340 e. The molecule has 1 aromatic rings. The third-order valence-electron chi connectivity index (χ3n) is 5.74. The molecule has 3 heterocycles. The van der Waals surface area contributed by atoms with Gasteiger partial charge in [-0.1, -0.05) is 24.3 Å². The van der Waals surface area contributed by atoms with Gasteiger partial charge in [-0.2, -0.15) is 0 Å². The Labute approximate surface area is 163 Å². The van der Waals surface area contributed by atoms with Crippen LogP contribution in [0.4, 0.5) is 0 Å². The van der Waals surface area contributed by atoms with Crippen LogP contribution in [0.15, 0.2) is 24.3 Å². The van der Waals surface area contributed by atoms with Crippen LogP contribution in [0, 0.1) is 0 Å². The van der Waals surface area contributed by atoms with E-state index in [-0.39, 0.29) is 30.9 Å². The van der Waals surface area contributed by atoms with E-state index in [0.717, 1.165) is 32.5 Å². The van der Waals surface area contributed by atoms with Gasteiger partial charge in [0.15, 0.2) is 0 Å². The molecule has 140 valence electrons. The van der Waals surface area contributed by atoms with Crippen LogP contribution in [0.3, 0.4) is 0 Å². The molecule has 2 atom stereocenters. The third kappa shape index (κ3) is 4.48. The maximum absolute atomic E-state index is 13.0. The summed E-state index contributed by atoms with van der Waals surface area (Å²) in [6.07, 6.45) is 5.89. The van der Waals surface area contributed by atoms with Crippen LogP contribution in [0.25, 0.3) is 0 Å². The van der Waals surface area contributed by atoms with Crippen molar-refractivity contribution in [3.8, 4) is 0 Å². The minimum absolute atomic E-state index is 0. The zero-order valence-corrected chi connectivity index (χ0v) is 16.3. The lowest BCUT2D eigenvalue weighted by Gasteiger charge is -2.39. The quantitative estimate of drug-likeness (QED) is 0.849. The Morgan fingerprint density at radius 2 is 1.72 bits per heavy atom. The summed E-state index contributed by atoms with van der Waals surface area (Å²) in [6, 6.07) is 9.03. The molecule has 0 aliphatic carbocycles. The number of likely N-dealkylation sites (tertiary alicyclic amines) is 2. The first kappa shape index (κ1) is 20.5. The Balaban J connectivity index is 0.00000113. The molecule has 3 aliphatic heterocycles. The number of carbonyl (C=O) groups excluding carboxylic acids is 1. The number of piperidine rings is 1. The first-order valence-corrected chi connectivity index (χ1v) is 9.14. The number of halogens is 2. The van der Waals surface area contributed by atoms with Gasteiger partial charge in [0.2, 0.25) is 5.91 Å². The van der Waals surface area contributed by atoms with Crippen molar-refractivity contribution < 1.29 is 4.79 Å². The Morgan fingerprint density at radius 1 is 1.00 bits per heavy atom. The summed E-state index contributed by atoms with van der Waals surface area (Å²) in [4.78, 5) is 17.7. The van der Waals surface area contributed by atoms with Gasteiger partial charge < -0.3 is 10.2 Å². The van der Waals surface area contributed by atoms with Gasteiger partial charge in [-0.25, -0.2) is 0 Å². The average Bonchev–Trinajstić information content (AvgIpc) is 3.15. The van der Waals surface area contributed by atoms with E-state index in [2.05, 4.69) is 39.4 Å². The van der Waals surface area contributed by atoms with Crippen molar-refractivity contribution in [1.29, 1.82) is 0 Å². The van der Waals surface area contributed by atoms with E-state index < -0.39 is 0 Å². The van der Waals surface area contributed by atoms with E-state index in [4.69, 9.17) is 0 Å². The number of nitrogens with one attached hydrogen (secondary N) is 1. The fourth-order valence-corrected chi connectivity index (χ4v) is 4.41. The smallest absolute Gasteiger partial charge is 0.240 e. The summed E-state index contributed by atoms with van der Waals surface area (Å²) < 4.78 is 0. The third-order valence-corrected chi connectivity index (χ3v) is 5.74. The van der Waals surface area contributed by atoms with Crippen molar-refractivity contribution in [2.45, 2.75) is 50.7 Å². The summed E-state index contributed by atoms with van der Waals surface area (Å²) in [5.74, 6) is 0.309. The van der Waals surface area contributed by atoms with E-state index in [1.807, 2.05) is 0 Å². The van der Waals surface area contributed by atoms with E-state index in [9.17, 15) is 4.79 Å². The number of fused-ring (bicyclic) bond motifs is 1. The molecule has 0 spiro atoms. The molecule has 0 saturated carbocycles. The van der Waals surface area contributed by atoms with Crippen LogP contribution in [0.2, 0.25) is 0 Å². The van der Waals surface area contributed by atoms with Crippen molar-refractivity contribution in [2.75, 3.05) is 26.2 Å². The molecule has 2 saturated heterocycles. The van der Waals surface area contributed by atoms with Crippen LogP contribution < -0.4 is 5.32 Å². The van der Waals surface area contributed by atoms with E-state index in [1.165, 1.54) is 43.5 Å². The highest BCUT2D eigenvalue weighted by Crippen LogP contribution is 2.23.